The lowest BCUT2D eigenvalue weighted by Gasteiger charge is -2.10. The van der Waals surface area contributed by atoms with Crippen molar-refractivity contribution in [1.82, 2.24) is 15.5 Å². The van der Waals surface area contributed by atoms with Gasteiger partial charge in [-0.3, -0.25) is 9.59 Å². The third kappa shape index (κ3) is 5.26. The molecule has 1 amide bonds. The standard InChI is InChI=1S/C21H21N3O4/c1-14-8-10-17(11-9-14)21-24-23-20(28-21)15(2)27-19(26)13-22-18(25)12-16-6-4-3-5-7-16/h3-11,15H,12-13H2,1-2H3,(H,22,25). The first kappa shape index (κ1) is 19.3. The molecule has 1 N–H and O–H groups in total. The van der Waals surface area contributed by atoms with Crippen LogP contribution in [0.2, 0.25) is 0 Å². The predicted molar refractivity (Wildman–Crippen MR) is 102 cm³/mol. The van der Waals surface area contributed by atoms with Crippen molar-refractivity contribution >= 4 is 11.9 Å². The van der Waals surface area contributed by atoms with Crippen molar-refractivity contribution in [3.8, 4) is 11.5 Å². The Morgan fingerprint density at radius 1 is 1.07 bits per heavy atom. The average molecular weight is 379 g/mol. The number of hydrogen-bond donors (Lipinski definition) is 1. The van der Waals surface area contributed by atoms with E-state index in [-0.39, 0.29) is 24.8 Å². The number of carbonyl (C=O) groups is 2. The molecule has 7 heteroatoms. The summed E-state index contributed by atoms with van der Waals surface area (Å²) in [5, 5.41) is 10.5. The average Bonchev–Trinajstić information content (AvgIpc) is 3.18. The zero-order chi connectivity index (χ0) is 19.9. The molecule has 0 saturated heterocycles. The lowest BCUT2D eigenvalue weighted by Crippen LogP contribution is -2.32. The van der Waals surface area contributed by atoms with Gasteiger partial charge in [0.1, 0.15) is 6.54 Å². The summed E-state index contributed by atoms with van der Waals surface area (Å²) < 4.78 is 10.8. The Balaban J connectivity index is 1.49. The zero-order valence-corrected chi connectivity index (χ0v) is 15.7. The number of esters is 1. The molecule has 0 bridgehead atoms. The molecule has 0 fully saturated rings. The van der Waals surface area contributed by atoms with Crippen LogP contribution in [0.4, 0.5) is 0 Å². The first-order valence-electron chi connectivity index (χ1n) is 8.92. The van der Waals surface area contributed by atoms with Gasteiger partial charge in [0.2, 0.25) is 11.8 Å². The molecule has 1 unspecified atom stereocenters. The van der Waals surface area contributed by atoms with Gasteiger partial charge in [0.25, 0.3) is 5.89 Å². The molecule has 1 atom stereocenters. The molecule has 0 aliphatic rings. The van der Waals surface area contributed by atoms with Crippen LogP contribution in [0.3, 0.4) is 0 Å². The van der Waals surface area contributed by atoms with Crippen molar-refractivity contribution in [2.75, 3.05) is 6.54 Å². The second-order valence-corrected chi connectivity index (χ2v) is 6.38. The fraction of sp³-hybridized carbons (Fsp3) is 0.238. The van der Waals surface area contributed by atoms with Crippen molar-refractivity contribution in [3.63, 3.8) is 0 Å². The van der Waals surface area contributed by atoms with Crippen LogP contribution in [0.5, 0.6) is 0 Å². The summed E-state index contributed by atoms with van der Waals surface area (Å²) in [7, 11) is 0. The van der Waals surface area contributed by atoms with Gasteiger partial charge in [-0.2, -0.15) is 0 Å². The molecule has 0 radical (unpaired) electrons. The molecule has 0 spiro atoms. The molecule has 1 aromatic heterocycles. The predicted octanol–water partition coefficient (Wildman–Crippen LogP) is 3.01. The lowest BCUT2D eigenvalue weighted by atomic mass is 10.1. The Labute approximate surface area is 162 Å². The van der Waals surface area contributed by atoms with Gasteiger partial charge in [-0.15, -0.1) is 10.2 Å². The Hall–Kier alpha value is -3.48. The molecular formula is C21H21N3O4. The Kier molecular flexibility index (Phi) is 6.16. The van der Waals surface area contributed by atoms with Gasteiger partial charge in [0.05, 0.1) is 6.42 Å². The molecule has 0 aliphatic carbocycles. The molecule has 0 saturated carbocycles. The number of hydrogen-bond acceptors (Lipinski definition) is 6. The molecule has 144 valence electrons. The number of amides is 1. The molecule has 3 aromatic rings. The van der Waals surface area contributed by atoms with Crippen LogP contribution in [-0.4, -0.2) is 28.6 Å². The van der Waals surface area contributed by atoms with Crippen LogP contribution >= 0.6 is 0 Å². The summed E-state index contributed by atoms with van der Waals surface area (Å²) in [6, 6.07) is 16.9. The maximum absolute atomic E-state index is 12.0. The topological polar surface area (TPSA) is 94.3 Å². The van der Waals surface area contributed by atoms with Crippen LogP contribution in [0.25, 0.3) is 11.5 Å². The summed E-state index contributed by atoms with van der Waals surface area (Å²) in [5.74, 6) is -0.284. The van der Waals surface area contributed by atoms with E-state index in [0.717, 1.165) is 16.7 Å². The van der Waals surface area contributed by atoms with Crippen LogP contribution in [0, 0.1) is 6.92 Å². The Morgan fingerprint density at radius 2 is 1.79 bits per heavy atom. The van der Waals surface area contributed by atoms with Crippen LogP contribution in [0.1, 0.15) is 30.0 Å². The highest BCUT2D eigenvalue weighted by Crippen LogP contribution is 2.22. The van der Waals surface area contributed by atoms with E-state index in [4.69, 9.17) is 9.15 Å². The molecule has 28 heavy (non-hydrogen) atoms. The molecule has 2 aromatic carbocycles. The monoisotopic (exact) mass is 379 g/mol. The molecule has 0 aliphatic heterocycles. The third-order valence-electron chi connectivity index (χ3n) is 4.03. The maximum Gasteiger partial charge on any atom is 0.326 e. The minimum atomic E-state index is -0.717. The third-order valence-corrected chi connectivity index (χ3v) is 4.03. The van der Waals surface area contributed by atoms with Gasteiger partial charge in [-0.05, 0) is 31.5 Å². The molecule has 7 nitrogen and oxygen atoms in total. The minimum Gasteiger partial charge on any atom is -0.451 e. The van der Waals surface area contributed by atoms with E-state index < -0.39 is 12.1 Å². The summed E-state index contributed by atoms with van der Waals surface area (Å²) >= 11 is 0. The zero-order valence-electron chi connectivity index (χ0n) is 15.7. The number of nitrogens with zero attached hydrogens (tertiary/aromatic N) is 2. The van der Waals surface area contributed by atoms with Crippen LogP contribution in [0.15, 0.2) is 59.0 Å². The highest BCUT2D eigenvalue weighted by atomic mass is 16.6. The fourth-order valence-corrected chi connectivity index (χ4v) is 2.52. The highest BCUT2D eigenvalue weighted by molar-refractivity contribution is 5.83. The second kappa shape index (κ2) is 8.94. The Morgan fingerprint density at radius 3 is 2.50 bits per heavy atom. The number of carbonyl (C=O) groups excluding carboxylic acids is 2. The van der Waals surface area contributed by atoms with Gasteiger partial charge in [-0.1, -0.05) is 48.0 Å². The number of aromatic nitrogens is 2. The first-order chi connectivity index (χ1) is 13.5. The van der Waals surface area contributed by atoms with Gasteiger partial charge < -0.3 is 14.5 Å². The molecule has 1 heterocycles. The number of aryl methyl sites for hydroxylation is 1. The quantitative estimate of drug-likeness (QED) is 0.634. The van der Waals surface area contributed by atoms with E-state index in [1.807, 2.05) is 61.5 Å². The lowest BCUT2D eigenvalue weighted by molar-refractivity contribution is -0.149. The van der Waals surface area contributed by atoms with Gasteiger partial charge >= 0.3 is 5.97 Å². The summed E-state index contributed by atoms with van der Waals surface area (Å²) in [4.78, 5) is 23.9. The highest BCUT2D eigenvalue weighted by Gasteiger charge is 2.19. The fourth-order valence-electron chi connectivity index (χ4n) is 2.52. The van der Waals surface area contributed by atoms with Crippen molar-refractivity contribution in [1.29, 1.82) is 0 Å². The number of ether oxygens (including phenoxy) is 1. The minimum absolute atomic E-state index is 0.194. The van der Waals surface area contributed by atoms with Crippen molar-refractivity contribution in [2.45, 2.75) is 26.4 Å². The first-order valence-corrected chi connectivity index (χ1v) is 8.92. The molecular weight excluding hydrogens is 358 g/mol. The van der Waals surface area contributed by atoms with E-state index >= 15 is 0 Å². The van der Waals surface area contributed by atoms with Crippen LogP contribution in [-0.2, 0) is 20.7 Å². The number of benzene rings is 2. The van der Waals surface area contributed by atoms with Crippen molar-refractivity contribution in [3.05, 3.63) is 71.6 Å². The summed E-state index contributed by atoms with van der Waals surface area (Å²) in [5.41, 5.74) is 2.78. The second-order valence-electron chi connectivity index (χ2n) is 6.38. The van der Waals surface area contributed by atoms with E-state index in [1.165, 1.54) is 0 Å². The van der Waals surface area contributed by atoms with E-state index in [9.17, 15) is 9.59 Å². The van der Waals surface area contributed by atoms with Gasteiger partial charge in [-0.25, -0.2) is 0 Å². The number of rotatable bonds is 7. The SMILES string of the molecule is Cc1ccc(-c2nnc(C(C)OC(=O)CNC(=O)Cc3ccccc3)o2)cc1. The van der Waals surface area contributed by atoms with E-state index in [0.29, 0.717) is 5.89 Å². The van der Waals surface area contributed by atoms with Crippen molar-refractivity contribution in [2.24, 2.45) is 0 Å². The number of nitrogens with one attached hydrogen (secondary N) is 1. The summed E-state index contributed by atoms with van der Waals surface area (Å²) in [6.45, 7) is 3.40. The maximum atomic E-state index is 12.0. The largest absolute Gasteiger partial charge is 0.451 e. The van der Waals surface area contributed by atoms with Gasteiger partial charge in [0, 0.05) is 5.56 Å². The summed E-state index contributed by atoms with van der Waals surface area (Å²) in [6.07, 6.45) is -0.516. The molecule has 3 rings (SSSR count). The van der Waals surface area contributed by atoms with E-state index in [2.05, 4.69) is 15.5 Å². The normalized spacial score (nSPS) is 11.6. The van der Waals surface area contributed by atoms with E-state index in [1.54, 1.807) is 6.92 Å². The van der Waals surface area contributed by atoms with Crippen LogP contribution < -0.4 is 5.32 Å². The van der Waals surface area contributed by atoms with Crippen molar-refractivity contribution < 1.29 is 18.7 Å². The Bertz CT molecular complexity index is 936. The van der Waals surface area contributed by atoms with Gasteiger partial charge in [0.15, 0.2) is 6.10 Å². The smallest absolute Gasteiger partial charge is 0.326 e.